The summed E-state index contributed by atoms with van der Waals surface area (Å²) < 4.78 is 34.1. The van der Waals surface area contributed by atoms with Crippen molar-refractivity contribution in [1.82, 2.24) is 9.88 Å². The number of carbonyl (C=O) groups is 2. The first-order valence-corrected chi connectivity index (χ1v) is 9.76. The van der Waals surface area contributed by atoms with Gasteiger partial charge in [0.05, 0.1) is 12.2 Å². The second-order valence-electron chi connectivity index (χ2n) is 7.48. The Kier molecular flexibility index (Phi) is 5.27. The third-order valence-electron chi connectivity index (χ3n) is 5.37. The van der Waals surface area contributed by atoms with Gasteiger partial charge >= 0.3 is 6.09 Å². The van der Waals surface area contributed by atoms with Crippen LogP contribution >= 0.6 is 0 Å². The summed E-state index contributed by atoms with van der Waals surface area (Å²) >= 11 is 0. The van der Waals surface area contributed by atoms with Crippen molar-refractivity contribution in [2.45, 2.75) is 13.8 Å². The Morgan fingerprint density at radius 1 is 1.03 bits per heavy atom. The number of anilines is 2. The van der Waals surface area contributed by atoms with E-state index in [1.54, 1.807) is 6.20 Å². The zero-order chi connectivity index (χ0) is 21.4. The van der Waals surface area contributed by atoms with Crippen LogP contribution < -0.4 is 9.80 Å². The third kappa shape index (κ3) is 3.67. The van der Waals surface area contributed by atoms with Crippen molar-refractivity contribution in [2.75, 3.05) is 49.1 Å². The van der Waals surface area contributed by atoms with E-state index in [-0.39, 0.29) is 18.8 Å². The molecule has 0 spiro atoms. The molecule has 0 radical (unpaired) electrons. The number of halogens is 2. The Morgan fingerprint density at radius 3 is 2.27 bits per heavy atom. The smallest absolute Gasteiger partial charge is 0.414 e. The molecule has 30 heavy (non-hydrogen) atoms. The van der Waals surface area contributed by atoms with Crippen molar-refractivity contribution in [3.05, 3.63) is 52.7 Å². The summed E-state index contributed by atoms with van der Waals surface area (Å²) in [5, 5.41) is 0. The van der Waals surface area contributed by atoms with Gasteiger partial charge in [-0.2, -0.15) is 0 Å². The summed E-state index contributed by atoms with van der Waals surface area (Å²) in [7, 11) is 0. The van der Waals surface area contributed by atoms with Crippen LogP contribution in [0.3, 0.4) is 0 Å². The zero-order valence-electron chi connectivity index (χ0n) is 16.8. The summed E-state index contributed by atoms with van der Waals surface area (Å²) in [6.45, 7) is 6.01. The number of benzene rings is 1. The highest BCUT2D eigenvalue weighted by Crippen LogP contribution is 2.26. The molecular weight excluding hydrogens is 394 g/mol. The van der Waals surface area contributed by atoms with E-state index in [0.29, 0.717) is 26.2 Å². The van der Waals surface area contributed by atoms with Gasteiger partial charge < -0.3 is 14.5 Å². The molecule has 2 aromatic rings. The fourth-order valence-electron chi connectivity index (χ4n) is 3.87. The quantitative estimate of drug-likeness (QED) is 0.770. The maximum Gasteiger partial charge on any atom is 0.414 e. The summed E-state index contributed by atoms with van der Waals surface area (Å²) in [6.07, 6.45) is 1.13. The Morgan fingerprint density at radius 2 is 1.70 bits per heavy atom. The van der Waals surface area contributed by atoms with E-state index >= 15 is 0 Å². The Hall–Kier alpha value is -3.23. The van der Waals surface area contributed by atoms with E-state index < -0.39 is 29.2 Å². The molecular formula is C21H22F2N4O3. The first-order chi connectivity index (χ1) is 14.3. The van der Waals surface area contributed by atoms with Gasteiger partial charge in [-0.15, -0.1) is 0 Å². The second-order valence-corrected chi connectivity index (χ2v) is 7.48. The average Bonchev–Trinajstić information content (AvgIpc) is 3.13. The van der Waals surface area contributed by atoms with Gasteiger partial charge in [-0.3, -0.25) is 9.69 Å². The molecule has 0 unspecified atom stereocenters. The van der Waals surface area contributed by atoms with Gasteiger partial charge in [0.25, 0.3) is 5.91 Å². The molecule has 3 heterocycles. The van der Waals surface area contributed by atoms with Crippen molar-refractivity contribution < 1.29 is 23.1 Å². The number of piperazine rings is 1. The highest BCUT2D eigenvalue weighted by Gasteiger charge is 2.30. The topological polar surface area (TPSA) is 66.0 Å². The molecule has 0 saturated carbocycles. The number of amides is 2. The molecule has 2 aliphatic heterocycles. The van der Waals surface area contributed by atoms with Crippen LogP contribution in [0, 0.1) is 25.5 Å². The average molecular weight is 416 g/mol. The number of nitrogens with zero attached hydrogens (tertiary/aromatic N) is 4. The zero-order valence-corrected chi connectivity index (χ0v) is 16.8. The minimum absolute atomic E-state index is 0.0368. The Labute approximate surface area is 172 Å². The van der Waals surface area contributed by atoms with Crippen LogP contribution in [0.4, 0.5) is 25.1 Å². The number of cyclic esters (lactones) is 1. The van der Waals surface area contributed by atoms with Crippen LogP contribution in [0.5, 0.6) is 0 Å². The molecule has 7 nitrogen and oxygen atoms in total. The minimum Gasteiger partial charge on any atom is -0.447 e. The van der Waals surface area contributed by atoms with Crippen molar-refractivity contribution >= 4 is 23.5 Å². The lowest BCUT2D eigenvalue weighted by molar-refractivity contribution is 0.0736. The van der Waals surface area contributed by atoms with Gasteiger partial charge in [-0.1, -0.05) is 6.07 Å². The molecule has 0 atom stereocenters. The van der Waals surface area contributed by atoms with Crippen molar-refractivity contribution in [3.8, 4) is 0 Å². The molecule has 0 aliphatic carbocycles. The van der Waals surface area contributed by atoms with E-state index in [4.69, 9.17) is 4.74 Å². The van der Waals surface area contributed by atoms with Gasteiger partial charge in [-0.25, -0.2) is 18.6 Å². The van der Waals surface area contributed by atoms with Gasteiger partial charge in [0, 0.05) is 32.4 Å². The first kappa shape index (κ1) is 20.1. The maximum atomic E-state index is 14.6. The number of hydrogen-bond acceptors (Lipinski definition) is 5. The fourth-order valence-corrected chi connectivity index (χ4v) is 3.87. The van der Waals surface area contributed by atoms with Gasteiger partial charge in [-0.05, 0) is 37.1 Å². The molecule has 2 aliphatic rings. The van der Waals surface area contributed by atoms with Crippen LogP contribution in [0.1, 0.15) is 21.5 Å². The van der Waals surface area contributed by atoms with E-state index in [1.807, 2.05) is 19.9 Å². The van der Waals surface area contributed by atoms with Crippen LogP contribution in [0.15, 0.2) is 24.4 Å². The van der Waals surface area contributed by atoms with Crippen molar-refractivity contribution in [2.24, 2.45) is 0 Å². The second kappa shape index (κ2) is 7.89. The van der Waals surface area contributed by atoms with Gasteiger partial charge in [0.15, 0.2) is 0 Å². The SMILES string of the molecule is Cc1cnc(N2CCN(C(=O)c3c(F)cc(N4CCOC4=O)cc3F)CC2)c(C)c1. The van der Waals surface area contributed by atoms with Crippen LogP contribution in [-0.4, -0.2) is 61.2 Å². The van der Waals surface area contributed by atoms with E-state index in [1.165, 1.54) is 4.90 Å². The summed E-state index contributed by atoms with van der Waals surface area (Å²) in [5.74, 6) is -1.83. The maximum absolute atomic E-state index is 14.6. The Bertz CT molecular complexity index is 983. The molecule has 0 bridgehead atoms. The molecule has 2 amide bonds. The largest absolute Gasteiger partial charge is 0.447 e. The van der Waals surface area contributed by atoms with E-state index in [0.717, 1.165) is 34.0 Å². The van der Waals surface area contributed by atoms with Crippen molar-refractivity contribution in [1.29, 1.82) is 0 Å². The summed E-state index contributed by atoms with van der Waals surface area (Å²) in [6, 6.07) is 4.04. The van der Waals surface area contributed by atoms with Gasteiger partial charge in [0.2, 0.25) is 0 Å². The lowest BCUT2D eigenvalue weighted by atomic mass is 10.1. The first-order valence-electron chi connectivity index (χ1n) is 9.76. The monoisotopic (exact) mass is 416 g/mol. The fraction of sp³-hybridized carbons (Fsp3) is 0.381. The predicted molar refractivity (Wildman–Crippen MR) is 107 cm³/mol. The number of aryl methyl sites for hydroxylation is 2. The van der Waals surface area contributed by atoms with E-state index in [9.17, 15) is 18.4 Å². The Balaban J connectivity index is 1.48. The van der Waals surface area contributed by atoms with Crippen molar-refractivity contribution in [3.63, 3.8) is 0 Å². The number of aromatic nitrogens is 1. The molecule has 1 aromatic carbocycles. The molecule has 1 aromatic heterocycles. The number of rotatable bonds is 3. The number of ether oxygens (including phenoxy) is 1. The number of pyridine rings is 1. The lowest BCUT2D eigenvalue weighted by Crippen LogP contribution is -2.49. The lowest BCUT2D eigenvalue weighted by Gasteiger charge is -2.36. The van der Waals surface area contributed by atoms with Gasteiger partial charge in [0.1, 0.15) is 29.6 Å². The number of hydrogen-bond donors (Lipinski definition) is 0. The molecule has 2 fully saturated rings. The highest BCUT2D eigenvalue weighted by atomic mass is 19.1. The normalized spacial score (nSPS) is 16.8. The minimum atomic E-state index is -0.992. The van der Waals surface area contributed by atoms with Crippen LogP contribution in [0.2, 0.25) is 0 Å². The molecule has 158 valence electrons. The summed E-state index contributed by atoms with van der Waals surface area (Å²) in [5.41, 5.74) is 1.55. The molecule has 4 rings (SSSR count). The number of carbonyl (C=O) groups excluding carboxylic acids is 2. The molecule has 2 saturated heterocycles. The third-order valence-corrected chi connectivity index (χ3v) is 5.37. The van der Waals surface area contributed by atoms with E-state index in [2.05, 4.69) is 9.88 Å². The predicted octanol–water partition coefficient (Wildman–Crippen LogP) is 2.90. The highest BCUT2D eigenvalue weighted by molar-refractivity contribution is 5.96. The molecule has 9 heteroatoms. The molecule has 0 N–H and O–H groups in total. The summed E-state index contributed by atoms with van der Waals surface area (Å²) in [4.78, 5) is 33.5. The van der Waals surface area contributed by atoms with Crippen LogP contribution in [0.25, 0.3) is 0 Å². The van der Waals surface area contributed by atoms with Crippen LogP contribution in [-0.2, 0) is 4.74 Å². The standard InChI is InChI=1S/C21H22F2N4O3/c1-13-9-14(2)19(24-12-13)25-3-5-26(6-4-25)20(28)18-16(22)10-15(11-17(18)23)27-7-8-30-21(27)29/h9-12H,3-8H2,1-2H3.